The number of aromatic nitrogens is 1. The molecule has 1 heterocycles. The van der Waals surface area contributed by atoms with Crippen molar-refractivity contribution in [1.82, 2.24) is 4.98 Å². The summed E-state index contributed by atoms with van der Waals surface area (Å²) in [5.41, 5.74) is 1.99. The number of carbonyl (C=O) groups excluding carboxylic acids is 3. The minimum atomic E-state index is -0.788. The molecule has 2 aromatic rings. The Balaban J connectivity index is 2.01. The Bertz CT molecular complexity index is 807. The highest BCUT2D eigenvalue weighted by molar-refractivity contribution is 6.04. The summed E-state index contributed by atoms with van der Waals surface area (Å²) in [4.78, 5) is 39.1. The zero-order chi connectivity index (χ0) is 19.3. The second-order valence-corrected chi connectivity index (χ2v) is 6.04. The molecule has 6 nitrogen and oxygen atoms in total. The third-order valence-corrected chi connectivity index (χ3v) is 4.07. The molecule has 1 atom stereocenters. The van der Waals surface area contributed by atoms with Crippen molar-refractivity contribution in [3.63, 3.8) is 0 Å². The first-order valence-electron chi connectivity index (χ1n) is 8.46. The lowest BCUT2D eigenvalue weighted by Gasteiger charge is -2.16. The highest BCUT2D eigenvalue weighted by Gasteiger charge is 2.24. The summed E-state index contributed by atoms with van der Waals surface area (Å²) >= 11 is 0. The van der Waals surface area contributed by atoms with E-state index in [0.29, 0.717) is 29.0 Å². The van der Waals surface area contributed by atoms with E-state index in [1.165, 1.54) is 6.92 Å². The lowest BCUT2D eigenvalue weighted by molar-refractivity contribution is -0.150. The van der Waals surface area contributed by atoms with Crippen molar-refractivity contribution < 1.29 is 23.9 Å². The summed E-state index contributed by atoms with van der Waals surface area (Å²) in [5, 5.41) is 0. The fraction of sp³-hybridized carbons (Fsp3) is 0.350. The van der Waals surface area contributed by atoms with Crippen molar-refractivity contribution in [2.75, 3.05) is 6.61 Å². The number of H-pyrrole nitrogens is 1. The highest BCUT2D eigenvalue weighted by Crippen LogP contribution is 2.19. The van der Waals surface area contributed by atoms with Crippen LogP contribution in [-0.2, 0) is 9.53 Å². The third-order valence-electron chi connectivity index (χ3n) is 4.07. The van der Waals surface area contributed by atoms with Crippen LogP contribution in [0.15, 0.2) is 30.3 Å². The normalized spacial score (nSPS) is 11.7. The van der Waals surface area contributed by atoms with Crippen LogP contribution in [-0.4, -0.2) is 35.2 Å². The van der Waals surface area contributed by atoms with Gasteiger partial charge in [-0.25, -0.2) is 4.79 Å². The second-order valence-electron chi connectivity index (χ2n) is 6.04. The summed E-state index contributed by atoms with van der Waals surface area (Å²) in [6, 6.07) is 8.95. The molecular weight excluding hydrogens is 334 g/mol. The minimum Gasteiger partial charge on any atom is -0.479 e. The molecule has 0 bridgehead atoms. The number of hydrogen-bond donors (Lipinski definition) is 1. The van der Waals surface area contributed by atoms with E-state index in [9.17, 15) is 14.4 Å². The fourth-order valence-electron chi connectivity index (χ4n) is 2.82. The lowest BCUT2D eigenvalue weighted by Crippen LogP contribution is -2.30. The van der Waals surface area contributed by atoms with Crippen LogP contribution in [0.1, 0.15) is 52.4 Å². The van der Waals surface area contributed by atoms with Gasteiger partial charge in [-0.15, -0.1) is 0 Å². The third kappa shape index (κ3) is 4.39. The average molecular weight is 357 g/mol. The van der Waals surface area contributed by atoms with Crippen LogP contribution in [0.25, 0.3) is 0 Å². The van der Waals surface area contributed by atoms with Gasteiger partial charge in [0.1, 0.15) is 5.75 Å². The SMILES string of the molecule is CC[C@@H](Oc1ccccc1)C(=O)OCC(=O)c1[nH]c(C)c(C(C)=O)c1C. The first kappa shape index (κ1) is 19.4. The summed E-state index contributed by atoms with van der Waals surface area (Å²) in [7, 11) is 0. The maximum atomic E-state index is 12.4. The molecule has 138 valence electrons. The number of benzene rings is 1. The van der Waals surface area contributed by atoms with Crippen LogP contribution in [0, 0.1) is 13.8 Å². The van der Waals surface area contributed by atoms with Crippen molar-refractivity contribution in [3.05, 3.63) is 52.8 Å². The molecule has 6 heteroatoms. The molecule has 0 aliphatic carbocycles. The smallest absolute Gasteiger partial charge is 0.347 e. The lowest BCUT2D eigenvalue weighted by atomic mass is 10.1. The molecule has 0 amide bonds. The Morgan fingerprint density at radius 1 is 1.12 bits per heavy atom. The summed E-state index contributed by atoms with van der Waals surface area (Å²) in [6.07, 6.45) is -0.374. The fourth-order valence-corrected chi connectivity index (χ4v) is 2.82. The molecule has 0 radical (unpaired) electrons. The summed E-state index contributed by atoms with van der Waals surface area (Å²) < 4.78 is 10.7. The van der Waals surface area contributed by atoms with Gasteiger partial charge in [-0.1, -0.05) is 25.1 Å². The number of ketones is 2. The number of Topliss-reactive ketones (excluding diaryl/α,β-unsaturated/α-hetero) is 2. The van der Waals surface area contributed by atoms with E-state index in [-0.39, 0.29) is 17.3 Å². The van der Waals surface area contributed by atoms with Crippen LogP contribution in [0.4, 0.5) is 0 Å². The Morgan fingerprint density at radius 2 is 1.77 bits per heavy atom. The molecule has 0 unspecified atom stereocenters. The number of aromatic amines is 1. The Kier molecular flexibility index (Phi) is 6.33. The van der Waals surface area contributed by atoms with Gasteiger partial charge in [0.25, 0.3) is 0 Å². The predicted molar refractivity (Wildman–Crippen MR) is 96.7 cm³/mol. The molecule has 26 heavy (non-hydrogen) atoms. The van der Waals surface area contributed by atoms with E-state index in [4.69, 9.17) is 9.47 Å². The van der Waals surface area contributed by atoms with Crippen molar-refractivity contribution in [2.24, 2.45) is 0 Å². The van der Waals surface area contributed by atoms with E-state index in [1.54, 1.807) is 45.0 Å². The first-order valence-corrected chi connectivity index (χ1v) is 8.46. The number of rotatable bonds is 8. The van der Waals surface area contributed by atoms with E-state index in [1.807, 2.05) is 6.07 Å². The zero-order valence-electron chi connectivity index (χ0n) is 15.4. The van der Waals surface area contributed by atoms with Crippen molar-refractivity contribution in [1.29, 1.82) is 0 Å². The molecule has 0 fully saturated rings. The Hall–Kier alpha value is -2.89. The quantitative estimate of drug-likeness (QED) is 0.578. The molecule has 0 spiro atoms. The average Bonchev–Trinajstić information content (AvgIpc) is 2.92. The number of carbonyl (C=O) groups is 3. The van der Waals surface area contributed by atoms with Crippen molar-refractivity contribution >= 4 is 17.5 Å². The van der Waals surface area contributed by atoms with Gasteiger partial charge in [-0.05, 0) is 44.9 Å². The van der Waals surface area contributed by atoms with Gasteiger partial charge < -0.3 is 14.5 Å². The van der Waals surface area contributed by atoms with Gasteiger partial charge in [0.15, 0.2) is 18.5 Å². The molecule has 0 saturated heterocycles. The Morgan fingerprint density at radius 3 is 2.31 bits per heavy atom. The molecule has 0 aliphatic rings. The van der Waals surface area contributed by atoms with Crippen LogP contribution in [0.5, 0.6) is 5.75 Å². The largest absolute Gasteiger partial charge is 0.479 e. The molecule has 1 aromatic carbocycles. The van der Waals surface area contributed by atoms with Crippen molar-refractivity contribution in [3.8, 4) is 5.75 Å². The van der Waals surface area contributed by atoms with E-state index < -0.39 is 18.7 Å². The molecule has 1 N–H and O–H groups in total. The molecule has 1 aromatic heterocycles. The van der Waals surface area contributed by atoms with Crippen LogP contribution >= 0.6 is 0 Å². The number of ether oxygens (including phenoxy) is 2. The van der Waals surface area contributed by atoms with E-state index in [0.717, 1.165) is 0 Å². The van der Waals surface area contributed by atoms with Crippen LogP contribution in [0.3, 0.4) is 0 Å². The van der Waals surface area contributed by atoms with Gasteiger partial charge in [0.05, 0.1) is 5.69 Å². The highest BCUT2D eigenvalue weighted by atomic mass is 16.6. The minimum absolute atomic E-state index is 0.116. The first-order chi connectivity index (χ1) is 12.3. The summed E-state index contributed by atoms with van der Waals surface area (Å²) in [6.45, 7) is 6.26. The maximum Gasteiger partial charge on any atom is 0.347 e. The standard InChI is InChI=1S/C20H23NO5/c1-5-17(26-15-9-7-6-8-10-15)20(24)25-11-16(23)19-12(2)18(14(4)22)13(3)21-19/h6-10,17,21H,5,11H2,1-4H3/t17-/m1/s1. The topological polar surface area (TPSA) is 85.5 Å². The van der Waals surface area contributed by atoms with E-state index in [2.05, 4.69) is 4.98 Å². The molecule has 0 saturated carbocycles. The van der Waals surface area contributed by atoms with Gasteiger partial charge in [0, 0.05) is 11.3 Å². The van der Waals surface area contributed by atoms with Crippen molar-refractivity contribution in [2.45, 2.75) is 40.2 Å². The van der Waals surface area contributed by atoms with Crippen LogP contribution in [0.2, 0.25) is 0 Å². The van der Waals surface area contributed by atoms with Gasteiger partial charge in [-0.2, -0.15) is 0 Å². The number of nitrogens with one attached hydrogen (secondary N) is 1. The van der Waals surface area contributed by atoms with E-state index >= 15 is 0 Å². The monoisotopic (exact) mass is 357 g/mol. The number of para-hydroxylation sites is 1. The number of hydrogen-bond acceptors (Lipinski definition) is 5. The van der Waals surface area contributed by atoms with Gasteiger partial charge >= 0.3 is 5.97 Å². The number of aryl methyl sites for hydroxylation is 1. The predicted octanol–water partition coefficient (Wildman–Crippen LogP) is 3.42. The Labute approximate surface area is 152 Å². The second kappa shape index (κ2) is 8.47. The van der Waals surface area contributed by atoms with Gasteiger partial charge in [0.2, 0.25) is 5.78 Å². The maximum absolute atomic E-state index is 12.4. The zero-order valence-corrected chi connectivity index (χ0v) is 15.4. The summed E-state index contributed by atoms with van der Waals surface area (Å²) in [5.74, 6) is -0.544. The van der Waals surface area contributed by atoms with Crippen LogP contribution < -0.4 is 4.74 Å². The molecule has 0 aliphatic heterocycles. The number of esters is 1. The van der Waals surface area contributed by atoms with Gasteiger partial charge in [-0.3, -0.25) is 9.59 Å². The molecule has 2 rings (SSSR count). The molecular formula is C20H23NO5.